The fraction of sp³-hybridized carbons (Fsp3) is 0.100. The lowest BCUT2D eigenvalue weighted by Gasteiger charge is -2.09. The SMILES string of the molecule is c1ccc(NCc2ccc(CNc3ccccc3)cc2)cc1. The highest BCUT2D eigenvalue weighted by molar-refractivity contribution is 5.44. The fourth-order valence-corrected chi connectivity index (χ4v) is 2.30. The highest BCUT2D eigenvalue weighted by Gasteiger charge is 1.96. The highest BCUT2D eigenvalue weighted by Crippen LogP contribution is 2.11. The van der Waals surface area contributed by atoms with E-state index in [0.717, 1.165) is 24.5 Å². The van der Waals surface area contributed by atoms with Gasteiger partial charge in [-0.3, -0.25) is 0 Å². The van der Waals surface area contributed by atoms with E-state index in [4.69, 9.17) is 0 Å². The summed E-state index contributed by atoms with van der Waals surface area (Å²) in [7, 11) is 0. The first-order chi connectivity index (χ1) is 10.9. The Balaban J connectivity index is 1.52. The number of rotatable bonds is 6. The third-order valence-electron chi connectivity index (χ3n) is 3.56. The maximum absolute atomic E-state index is 3.42. The van der Waals surface area contributed by atoms with E-state index in [9.17, 15) is 0 Å². The Hall–Kier alpha value is -2.74. The minimum Gasteiger partial charge on any atom is -0.381 e. The van der Waals surface area contributed by atoms with Gasteiger partial charge in [0.1, 0.15) is 0 Å². The van der Waals surface area contributed by atoms with Crippen molar-refractivity contribution in [1.82, 2.24) is 0 Å². The predicted octanol–water partition coefficient (Wildman–Crippen LogP) is 4.91. The lowest BCUT2D eigenvalue weighted by Crippen LogP contribution is -2.01. The van der Waals surface area contributed by atoms with E-state index >= 15 is 0 Å². The Morgan fingerprint density at radius 2 is 0.818 bits per heavy atom. The molecule has 0 spiro atoms. The van der Waals surface area contributed by atoms with Crippen LogP contribution in [0.3, 0.4) is 0 Å². The van der Waals surface area contributed by atoms with Crippen molar-refractivity contribution >= 4 is 11.4 Å². The second kappa shape index (κ2) is 7.32. The quantitative estimate of drug-likeness (QED) is 0.673. The van der Waals surface area contributed by atoms with E-state index in [2.05, 4.69) is 59.2 Å². The van der Waals surface area contributed by atoms with Gasteiger partial charge >= 0.3 is 0 Å². The zero-order valence-electron chi connectivity index (χ0n) is 12.5. The summed E-state index contributed by atoms with van der Waals surface area (Å²) in [6.45, 7) is 1.69. The van der Waals surface area contributed by atoms with Crippen molar-refractivity contribution in [3.05, 3.63) is 96.1 Å². The molecule has 0 unspecified atom stereocenters. The zero-order chi connectivity index (χ0) is 15.0. The van der Waals surface area contributed by atoms with E-state index in [1.165, 1.54) is 11.1 Å². The molecule has 2 heteroatoms. The smallest absolute Gasteiger partial charge is 0.0400 e. The van der Waals surface area contributed by atoms with Crippen molar-refractivity contribution in [2.45, 2.75) is 13.1 Å². The van der Waals surface area contributed by atoms with Gasteiger partial charge in [-0.15, -0.1) is 0 Å². The summed E-state index contributed by atoms with van der Waals surface area (Å²) in [5.41, 5.74) is 4.87. The minimum absolute atomic E-state index is 0.844. The van der Waals surface area contributed by atoms with E-state index in [0.29, 0.717) is 0 Å². The highest BCUT2D eigenvalue weighted by atomic mass is 14.9. The van der Waals surface area contributed by atoms with Crippen LogP contribution in [-0.2, 0) is 13.1 Å². The molecule has 0 bridgehead atoms. The monoisotopic (exact) mass is 288 g/mol. The van der Waals surface area contributed by atoms with Gasteiger partial charge < -0.3 is 10.6 Å². The van der Waals surface area contributed by atoms with Crippen LogP contribution in [0.5, 0.6) is 0 Å². The molecule has 0 atom stereocenters. The number of hydrogen-bond donors (Lipinski definition) is 2. The summed E-state index contributed by atoms with van der Waals surface area (Å²) in [5, 5.41) is 6.85. The average molecular weight is 288 g/mol. The summed E-state index contributed by atoms with van der Waals surface area (Å²) >= 11 is 0. The molecule has 0 aliphatic rings. The first-order valence-electron chi connectivity index (χ1n) is 7.56. The molecule has 0 heterocycles. The van der Waals surface area contributed by atoms with Crippen molar-refractivity contribution in [2.75, 3.05) is 10.6 Å². The molecule has 0 amide bonds. The zero-order valence-corrected chi connectivity index (χ0v) is 12.5. The van der Waals surface area contributed by atoms with Gasteiger partial charge in [-0.2, -0.15) is 0 Å². The van der Waals surface area contributed by atoms with Crippen molar-refractivity contribution in [3.63, 3.8) is 0 Å². The second-order valence-electron chi connectivity index (χ2n) is 5.26. The van der Waals surface area contributed by atoms with Crippen LogP contribution in [0.25, 0.3) is 0 Å². The number of hydrogen-bond acceptors (Lipinski definition) is 2. The maximum atomic E-state index is 3.42. The fourth-order valence-electron chi connectivity index (χ4n) is 2.30. The lowest BCUT2D eigenvalue weighted by molar-refractivity contribution is 1.11. The van der Waals surface area contributed by atoms with Crippen LogP contribution >= 0.6 is 0 Å². The van der Waals surface area contributed by atoms with Gasteiger partial charge in [0.15, 0.2) is 0 Å². The van der Waals surface area contributed by atoms with Crippen LogP contribution in [0.2, 0.25) is 0 Å². The molecule has 3 aromatic rings. The van der Waals surface area contributed by atoms with E-state index in [1.807, 2.05) is 36.4 Å². The van der Waals surface area contributed by atoms with Gasteiger partial charge in [0.25, 0.3) is 0 Å². The number of anilines is 2. The standard InChI is InChI=1S/C20H20N2/c1-3-7-19(8-4-1)21-15-17-11-13-18(14-12-17)16-22-20-9-5-2-6-10-20/h1-14,21-22H,15-16H2. The third kappa shape index (κ3) is 4.13. The molecule has 0 aliphatic carbocycles. The summed E-state index contributed by atoms with van der Waals surface area (Å²) in [6, 6.07) is 29.3. The second-order valence-corrected chi connectivity index (χ2v) is 5.26. The molecular formula is C20H20N2. The lowest BCUT2D eigenvalue weighted by atomic mass is 10.1. The Labute approximate surface area is 131 Å². The van der Waals surface area contributed by atoms with Crippen LogP contribution in [0.1, 0.15) is 11.1 Å². The summed E-state index contributed by atoms with van der Waals surface area (Å²) in [5.74, 6) is 0. The molecule has 0 aromatic heterocycles. The third-order valence-corrected chi connectivity index (χ3v) is 3.56. The molecule has 22 heavy (non-hydrogen) atoms. The summed E-state index contributed by atoms with van der Waals surface area (Å²) in [6.07, 6.45) is 0. The number of nitrogens with one attached hydrogen (secondary N) is 2. The molecule has 3 aromatic carbocycles. The molecule has 0 saturated carbocycles. The van der Waals surface area contributed by atoms with E-state index < -0.39 is 0 Å². The molecule has 110 valence electrons. The molecule has 0 aliphatic heterocycles. The normalized spacial score (nSPS) is 10.2. The van der Waals surface area contributed by atoms with Crippen LogP contribution in [0, 0.1) is 0 Å². The molecule has 2 N–H and O–H groups in total. The Morgan fingerprint density at radius 3 is 1.18 bits per heavy atom. The maximum Gasteiger partial charge on any atom is 0.0400 e. The van der Waals surface area contributed by atoms with Gasteiger partial charge in [0.05, 0.1) is 0 Å². The van der Waals surface area contributed by atoms with Gasteiger partial charge in [-0.1, -0.05) is 60.7 Å². The van der Waals surface area contributed by atoms with Gasteiger partial charge in [-0.05, 0) is 35.4 Å². The Morgan fingerprint density at radius 1 is 0.455 bits per heavy atom. The van der Waals surface area contributed by atoms with Crippen molar-refractivity contribution in [1.29, 1.82) is 0 Å². The van der Waals surface area contributed by atoms with Crippen LogP contribution in [-0.4, -0.2) is 0 Å². The van der Waals surface area contributed by atoms with E-state index in [-0.39, 0.29) is 0 Å². The van der Waals surface area contributed by atoms with Crippen molar-refractivity contribution in [3.8, 4) is 0 Å². The molecular weight excluding hydrogens is 268 g/mol. The Kier molecular flexibility index (Phi) is 4.73. The largest absolute Gasteiger partial charge is 0.381 e. The number of para-hydroxylation sites is 2. The molecule has 2 nitrogen and oxygen atoms in total. The van der Waals surface area contributed by atoms with Crippen molar-refractivity contribution in [2.24, 2.45) is 0 Å². The summed E-state index contributed by atoms with van der Waals surface area (Å²) in [4.78, 5) is 0. The molecule has 0 saturated heterocycles. The molecule has 3 rings (SSSR count). The first-order valence-corrected chi connectivity index (χ1v) is 7.56. The topological polar surface area (TPSA) is 24.1 Å². The first kappa shape index (κ1) is 14.2. The van der Waals surface area contributed by atoms with Gasteiger partial charge in [0, 0.05) is 24.5 Å². The van der Waals surface area contributed by atoms with Crippen LogP contribution in [0.4, 0.5) is 11.4 Å². The van der Waals surface area contributed by atoms with Crippen LogP contribution in [0.15, 0.2) is 84.9 Å². The average Bonchev–Trinajstić information content (AvgIpc) is 2.61. The Bertz CT molecular complexity index is 613. The summed E-state index contributed by atoms with van der Waals surface area (Å²) < 4.78 is 0. The van der Waals surface area contributed by atoms with Crippen LogP contribution < -0.4 is 10.6 Å². The van der Waals surface area contributed by atoms with Crippen molar-refractivity contribution < 1.29 is 0 Å². The molecule has 0 radical (unpaired) electrons. The number of benzene rings is 3. The molecule has 0 fully saturated rings. The minimum atomic E-state index is 0.844. The van der Waals surface area contributed by atoms with Gasteiger partial charge in [0.2, 0.25) is 0 Å². The predicted molar refractivity (Wildman–Crippen MR) is 94.0 cm³/mol. The van der Waals surface area contributed by atoms with E-state index in [1.54, 1.807) is 0 Å². The van der Waals surface area contributed by atoms with Gasteiger partial charge in [-0.25, -0.2) is 0 Å².